The summed E-state index contributed by atoms with van der Waals surface area (Å²) in [4.78, 5) is 8.73. The predicted molar refractivity (Wildman–Crippen MR) is 73.1 cm³/mol. The van der Waals surface area contributed by atoms with Gasteiger partial charge in [-0.1, -0.05) is 11.3 Å². The summed E-state index contributed by atoms with van der Waals surface area (Å²) in [5.74, 6) is 0. The minimum Gasteiger partial charge on any atom is -0.301 e. The zero-order valence-electron chi connectivity index (χ0n) is 9.95. The second kappa shape index (κ2) is 3.19. The number of aromatic nitrogens is 4. The molecule has 5 heteroatoms. The largest absolute Gasteiger partial charge is 0.301 e. The third-order valence-corrected chi connectivity index (χ3v) is 4.81. The van der Waals surface area contributed by atoms with E-state index in [9.17, 15) is 0 Å². The first-order chi connectivity index (χ1) is 9.42. The molecule has 0 saturated heterocycles. The number of hydrogen-bond donors (Lipinski definition) is 0. The molecule has 0 amide bonds. The molecule has 0 radical (unpaired) electrons. The third-order valence-electron chi connectivity index (χ3n) is 3.66. The van der Waals surface area contributed by atoms with Gasteiger partial charge in [0.2, 0.25) is 5.65 Å². The summed E-state index contributed by atoms with van der Waals surface area (Å²) < 4.78 is 5.74. The molecule has 4 nitrogen and oxygen atoms in total. The van der Waals surface area contributed by atoms with Crippen molar-refractivity contribution in [3.05, 3.63) is 48.7 Å². The Labute approximate surface area is 112 Å². The second-order valence-corrected chi connectivity index (χ2v) is 5.75. The van der Waals surface area contributed by atoms with Crippen LogP contribution in [0.4, 0.5) is 0 Å². The molecule has 0 atom stereocenters. The number of rotatable bonds is 0. The molecule has 4 aromatic heterocycles. The molecule has 0 spiro atoms. The number of nitrogens with zero attached hydrogens (tertiary/aromatic N) is 4. The quantitative estimate of drug-likeness (QED) is 0.402. The molecular weight excluding hydrogens is 256 g/mol. The first kappa shape index (κ1) is 9.63. The lowest BCUT2D eigenvalue weighted by molar-refractivity contribution is -0.641. The van der Waals surface area contributed by atoms with Gasteiger partial charge in [0, 0.05) is 36.5 Å². The van der Waals surface area contributed by atoms with Gasteiger partial charge in [0.15, 0.2) is 6.54 Å². The van der Waals surface area contributed by atoms with Gasteiger partial charge in [-0.25, -0.2) is 4.98 Å². The molecule has 0 aromatic carbocycles. The number of fused-ring (bicyclic) bond motifs is 7. The van der Waals surface area contributed by atoms with Gasteiger partial charge in [-0.2, -0.15) is 4.57 Å². The predicted octanol–water partition coefficient (Wildman–Crippen LogP) is 2.26. The highest BCUT2D eigenvalue weighted by Crippen LogP contribution is 2.36. The van der Waals surface area contributed by atoms with Crippen molar-refractivity contribution >= 4 is 27.2 Å². The molecule has 1 aliphatic heterocycles. The lowest BCUT2D eigenvalue weighted by Crippen LogP contribution is -2.30. The maximum atomic E-state index is 4.52. The van der Waals surface area contributed by atoms with Crippen molar-refractivity contribution in [3.8, 4) is 10.6 Å². The summed E-state index contributed by atoms with van der Waals surface area (Å²) in [5, 5.41) is 1.32. The first-order valence-corrected chi connectivity index (χ1v) is 6.95. The molecule has 1 aliphatic rings. The number of thiazole rings is 1. The van der Waals surface area contributed by atoms with Gasteiger partial charge >= 0.3 is 0 Å². The molecular formula is C14H9N4S+. The van der Waals surface area contributed by atoms with E-state index in [-0.39, 0.29) is 0 Å². The highest BCUT2D eigenvalue weighted by molar-refractivity contribution is 7.21. The Morgan fingerprint density at radius 2 is 2.32 bits per heavy atom. The van der Waals surface area contributed by atoms with Gasteiger partial charge in [-0.3, -0.25) is 4.98 Å². The molecule has 90 valence electrons. The molecule has 19 heavy (non-hydrogen) atoms. The van der Waals surface area contributed by atoms with Crippen molar-refractivity contribution in [2.75, 3.05) is 0 Å². The average molecular weight is 265 g/mol. The van der Waals surface area contributed by atoms with Crippen molar-refractivity contribution in [3.63, 3.8) is 0 Å². The van der Waals surface area contributed by atoms with Crippen LogP contribution in [0, 0.1) is 0 Å². The number of pyridine rings is 1. The monoisotopic (exact) mass is 265 g/mol. The molecule has 0 unspecified atom stereocenters. The molecule has 5 rings (SSSR count). The normalized spacial score (nSPS) is 13.1. The van der Waals surface area contributed by atoms with Crippen LogP contribution in [0.1, 0.15) is 5.56 Å². The van der Waals surface area contributed by atoms with Crippen LogP contribution < -0.4 is 4.57 Å². The zero-order valence-corrected chi connectivity index (χ0v) is 10.8. The van der Waals surface area contributed by atoms with Crippen molar-refractivity contribution < 1.29 is 4.57 Å². The van der Waals surface area contributed by atoms with Gasteiger partial charge < -0.3 is 4.40 Å². The average Bonchev–Trinajstić information content (AvgIpc) is 3.05. The smallest absolute Gasteiger partial charge is 0.271 e. The standard InChI is InChI=1S/C14H9N4S/c1-3-16-13-12-11(8-17(13)5-1)19-14-10-2-4-15-6-9(10)7-18(12)14/h1-6,8H,7H2/q+1. The Morgan fingerprint density at radius 3 is 3.32 bits per heavy atom. The fourth-order valence-corrected chi connectivity index (χ4v) is 4.09. The van der Waals surface area contributed by atoms with Crippen LogP contribution in [0.25, 0.3) is 26.4 Å². The Balaban J connectivity index is 1.94. The van der Waals surface area contributed by atoms with E-state index in [1.807, 2.05) is 42.2 Å². The van der Waals surface area contributed by atoms with E-state index in [1.54, 1.807) is 0 Å². The Hall–Kier alpha value is -2.27. The van der Waals surface area contributed by atoms with Crippen molar-refractivity contribution in [1.82, 2.24) is 14.4 Å². The molecule has 4 aromatic rings. The van der Waals surface area contributed by atoms with E-state index >= 15 is 0 Å². The van der Waals surface area contributed by atoms with Gasteiger partial charge in [-0.15, -0.1) is 0 Å². The highest BCUT2D eigenvalue weighted by atomic mass is 32.1. The highest BCUT2D eigenvalue weighted by Gasteiger charge is 2.33. The Morgan fingerprint density at radius 1 is 1.32 bits per heavy atom. The van der Waals surface area contributed by atoms with Gasteiger partial charge in [0.1, 0.15) is 4.70 Å². The van der Waals surface area contributed by atoms with Crippen LogP contribution in [0.2, 0.25) is 0 Å². The van der Waals surface area contributed by atoms with Crippen molar-refractivity contribution in [1.29, 1.82) is 0 Å². The molecule has 0 bridgehead atoms. The second-order valence-electron chi connectivity index (χ2n) is 4.72. The SMILES string of the molecule is c1cnc2c3c(cn2c1)sc1[n+]3Cc2cnccc2-1. The van der Waals surface area contributed by atoms with E-state index in [0.717, 1.165) is 12.2 Å². The topological polar surface area (TPSA) is 34.1 Å². The number of hydrogen-bond acceptors (Lipinski definition) is 3. The summed E-state index contributed by atoms with van der Waals surface area (Å²) in [5.41, 5.74) is 4.87. The van der Waals surface area contributed by atoms with E-state index in [0.29, 0.717) is 0 Å². The first-order valence-electron chi connectivity index (χ1n) is 6.13. The van der Waals surface area contributed by atoms with Crippen molar-refractivity contribution in [2.24, 2.45) is 0 Å². The molecule has 0 fully saturated rings. The summed E-state index contributed by atoms with van der Waals surface area (Å²) in [6.45, 7) is 0.898. The van der Waals surface area contributed by atoms with Crippen LogP contribution in [0.3, 0.4) is 0 Å². The lowest BCUT2D eigenvalue weighted by Gasteiger charge is -1.90. The van der Waals surface area contributed by atoms with E-state index < -0.39 is 0 Å². The van der Waals surface area contributed by atoms with Crippen LogP contribution in [0.15, 0.2) is 43.1 Å². The van der Waals surface area contributed by atoms with Gasteiger partial charge in [-0.05, 0) is 12.1 Å². The minimum absolute atomic E-state index is 0.898. The van der Waals surface area contributed by atoms with Crippen LogP contribution >= 0.6 is 11.3 Å². The molecule has 0 saturated carbocycles. The fourth-order valence-electron chi connectivity index (χ4n) is 2.84. The zero-order chi connectivity index (χ0) is 12.4. The summed E-state index contributed by atoms with van der Waals surface area (Å²) in [6.07, 6.45) is 9.89. The Bertz CT molecular complexity index is 951. The maximum absolute atomic E-state index is 4.52. The van der Waals surface area contributed by atoms with Gasteiger partial charge in [0.25, 0.3) is 10.5 Å². The van der Waals surface area contributed by atoms with E-state index in [4.69, 9.17) is 0 Å². The third kappa shape index (κ3) is 1.11. The van der Waals surface area contributed by atoms with Gasteiger partial charge in [0.05, 0.1) is 5.56 Å². The lowest BCUT2D eigenvalue weighted by atomic mass is 10.2. The summed E-state index contributed by atoms with van der Waals surface area (Å²) in [6, 6.07) is 4.06. The fraction of sp³-hybridized carbons (Fsp3) is 0.0714. The summed E-state index contributed by atoms with van der Waals surface area (Å²) >= 11 is 1.83. The molecule has 0 aliphatic carbocycles. The Kier molecular flexibility index (Phi) is 1.62. The van der Waals surface area contributed by atoms with Crippen molar-refractivity contribution in [2.45, 2.75) is 6.54 Å². The molecule has 5 heterocycles. The van der Waals surface area contributed by atoms with Crippen LogP contribution in [-0.2, 0) is 6.54 Å². The van der Waals surface area contributed by atoms with Crippen LogP contribution in [-0.4, -0.2) is 14.4 Å². The van der Waals surface area contributed by atoms with Crippen LogP contribution in [0.5, 0.6) is 0 Å². The molecule has 0 N–H and O–H groups in total. The van der Waals surface area contributed by atoms with E-state index in [1.165, 1.54) is 26.4 Å². The summed E-state index contributed by atoms with van der Waals surface area (Å²) in [7, 11) is 0. The maximum Gasteiger partial charge on any atom is 0.271 e. The van der Waals surface area contributed by atoms with E-state index in [2.05, 4.69) is 31.2 Å². The minimum atomic E-state index is 0.898.